The number of hydrogen-bond acceptors (Lipinski definition) is 3. The Morgan fingerprint density at radius 2 is 1.77 bits per heavy atom. The number of anilines is 1. The van der Waals surface area contributed by atoms with Crippen LogP contribution in [0.5, 0.6) is 0 Å². The van der Waals surface area contributed by atoms with E-state index in [9.17, 15) is 14.9 Å². The number of carbonyl (C=O) groups is 1. The molecule has 5 nitrogen and oxygen atoms in total. The number of benzene rings is 2. The van der Waals surface area contributed by atoms with Crippen molar-refractivity contribution in [2.45, 2.75) is 13.8 Å². The molecule has 0 unspecified atom stereocenters. The second kappa shape index (κ2) is 6.67. The number of hydrogen-bond donors (Lipinski definition) is 1. The maximum Gasteiger partial charge on any atom is 0.270 e. The van der Waals surface area contributed by atoms with Crippen LogP contribution in [0.3, 0.4) is 0 Å². The van der Waals surface area contributed by atoms with Crippen LogP contribution in [0.1, 0.15) is 16.7 Å². The van der Waals surface area contributed by atoms with Gasteiger partial charge in [-0.1, -0.05) is 30.3 Å². The summed E-state index contributed by atoms with van der Waals surface area (Å²) >= 11 is 0. The van der Waals surface area contributed by atoms with Crippen LogP contribution in [-0.4, -0.2) is 10.8 Å². The molecule has 0 aliphatic rings. The highest BCUT2D eigenvalue weighted by molar-refractivity contribution is 6.02. The van der Waals surface area contributed by atoms with Crippen molar-refractivity contribution in [1.29, 1.82) is 0 Å². The number of non-ortho nitro benzene ring substituents is 1. The van der Waals surface area contributed by atoms with E-state index in [1.165, 1.54) is 18.2 Å². The summed E-state index contributed by atoms with van der Waals surface area (Å²) in [5.74, 6) is -0.274. The van der Waals surface area contributed by atoms with Crippen LogP contribution in [0, 0.1) is 24.0 Å². The predicted octanol–water partition coefficient (Wildman–Crippen LogP) is 3.86. The molecule has 0 aromatic heterocycles. The zero-order valence-corrected chi connectivity index (χ0v) is 12.4. The molecule has 0 aliphatic heterocycles. The van der Waals surface area contributed by atoms with E-state index in [2.05, 4.69) is 5.32 Å². The monoisotopic (exact) mass is 296 g/mol. The van der Waals surface area contributed by atoms with Gasteiger partial charge in [-0.2, -0.15) is 0 Å². The van der Waals surface area contributed by atoms with Crippen LogP contribution < -0.4 is 5.32 Å². The molecule has 22 heavy (non-hydrogen) atoms. The van der Waals surface area contributed by atoms with Gasteiger partial charge >= 0.3 is 0 Å². The van der Waals surface area contributed by atoms with E-state index in [1.807, 2.05) is 32.0 Å². The minimum absolute atomic E-state index is 0.00249. The Labute approximate surface area is 128 Å². The number of nitrogens with one attached hydrogen (secondary N) is 1. The summed E-state index contributed by atoms with van der Waals surface area (Å²) in [7, 11) is 0. The smallest absolute Gasteiger partial charge is 0.270 e. The average Bonchev–Trinajstić information content (AvgIpc) is 2.49. The summed E-state index contributed by atoms with van der Waals surface area (Å²) in [6.45, 7) is 3.85. The van der Waals surface area contributed by atoms with Gasteiger partial charge in [-0.3, -0.25) is 14.9 Å². The molecule has 0 aliphatic carbocycles. The fourth-order valence-corrected chi connectivity index (χ4v) is 2.09. The van der Waals surface area contributed by atoms with Gasteiger partial charge in [0.05, 0.1) is 4.92 Å². The van der Waals surface area contributed by atoms with E-state index in [0.717, 1.165) is 16.8 Å². The largest absolute Gasteiger partial charge is 0.322 e. The third-order valence-electron chi connectivity index (χ3n) is 3.24. The second-order valence-corrected chi connectivity index (χ2v) is 4.94. The van der Waals surface area contributed by atoms with Crippen LogP contribution in [0.15, 0.2) is 48.5 Å². The Morgan fingerprint density at radius 1 is 1.14 bits per heavy atom. The molecule has 5 heteroatoms. The summed E-state index contributed by atoms with van der Waals surface area (Å²) in [5, 5.41) is 13.5. The zero-order valence-electron chi connectivity index (χ0n) is 12.4. The molecule has 0 atom stereocenters. The van der Waals surface area contributed by atoms with Crippen LogP contribution in [-0.2, 0) is 4.79 Å². The molecule has 2 rings (SSSR count). The van der Waals surface area contributed by atoms with E-state index >= 15 is 0 Å². The highest BCUT2D eigenvalue weighted by Gasteiger charge is 2.06. The van der Waals surface area contributed by atoms with Gasteiger partial charge < -0.3 is 5.32 Å². The lowest BCUT2D eigenvalue weighted by atomic mass is 10.1. The molecule has 0 radical (unpaired) electrons. The van der Waals surface area contributed by atoms with Crippen molar-refractivity contribution in [2.75, 3.05) is 5.32 Å². The molecule has 0 spiro atoms. The van der Waals surface area contributed by atoms with E-state index < -0.39 is 4.92 Å². The number of rotatable bonds is 4. The summed E-state index contributed by atoms with van der Waals surface area (Å²) in [6, 6.07) is 11.9. The molecule has 112 valence electrons. The van der Waals surface area contributed by atoms with Crippen molar-refractivity contribution in [3.05, 3.63) is 75.3 Å². The van der Waals surface area contributed by atoms with E-state index in [4.69, 9.17) is 0 Å². The highest BCUT2D eigenvalue weighted by Crippen LogP contribution is 2.19. The van der Waals surface area contributed by atoms with Crippen molar-refractivity contribution >= 4 is 23.4 Å². The number of para-hydroxylation sites is 1. The molecule has 0 fully saturated rings. The fraction of sp³-hybridized carbons (Fsp3) is 0.118. The lowest BCUT2D eigenvalue weighted by Gasteiger charge is -2.09. The topological polar surface area (TPSA) is 72.2 Å². The number of amides is 1. The Bertz CT molecular complexity index is 731. The minimum atomic E-state index is -0.464. The van der Waals surface area contributed by atoms with Gasteiger partial charge in [0.1, 0.15) is 0 Å². The maximum absolute atomic E-state index is 12.0. The third-order valence-corrected chi connectivity index (χ3v) is 3.24. The molecule has 1 amide bonds. The first kappa shape index (κ1) is 15.4. The van der Waals surface area contributed by atoms with E-state index in [1.54, 1.807) is 18.2 Å². The standard InChI is InChI=1S/C17H16N2O3/c1-12-5-3-6-13(2)17(12)18-16(20)10-9-14-7-4-8-15(11-14)19(21)22/h3-11H,1-2H3,(H,18,20)/b10-9+. The molecule has 0 saturated carbocycles. The van der Waals surface area contributed by atoms with Crippen LogP contribution in [0.4, 0.5) is 11.4 Å². The quantitative estimate of drug-likeness (QED) is 0.529. The first-order valence-electron chi connectivity index (χ1n) is 6.77. The molecule has 0 heterocycles. The van der Waals surface area contributed by atoms with Gasteiger partial charge in [-0.15, -0.1) is 0 Å². The van der Waals surface area contributed by atoms with E-state index in [-0.39, 0.29) is 11.6 Å². The molecule has 2 aromatic carbocycles. The van der Waals surface area contributed by atoms with Gasteiger partial charge in [-0.25, -0.2) is 0 Å². The lowest BCUT2D eigenvalue weighted by molar-refractivity contribution is -0.384. The van der Waals surface area contributed by atoms with E-state index in [0.29, 0.717) is 5.56 Å². The number of nitro benzene ring substituents is 1. The number of carbonyl (C=O) groups excluding carboxylic acids is 1. The lowest BCUT2D eigenvalue weighted by Crippen LogP contribution is -2.10. The van der Waals surface area contributed by atoms with Crippen molar-refractivity contribution in [3.8, 4) is 0 Å². The Kier molecular flexibility index (Phi) is 4.68. The number of nitrogens with zero attached hydrogens (tertiary/aromatic N) is 1. The summed E-state index contributed by atoms with van der Waals surface area (Å²) in [5.41, 5.74) is 3.36. The van der Waals surface area contributed by atoms with Gasteiger partial charge in [0.25, 0.3) is 5.69 Å². The first-order chi connectivity index (χ1) is 10.5. The van der Waals surface area contributed by atoms with Crippen molar-refractivity contribution in [1.82, 2.24) is 0 Å². The highest BCUT2D eigenvalue weighted by atomic mass is 16.6. The normalized spacial score (nSPS) is 10.6. The van der Waals surface area contributed by atoms with Gasteiger partial charge in [0, 0.05) is 23.9 Å². The SMILES string of the molecule is Cc1cccc(C)c1NC(=O)/C=C/c1cccc([N+](=O)[O-])c1. The van der Waals surface area contributed by atoms with Crippen molar-refractivity contribution < 1.29 is 9.72 Å². The molecule has 0 bridgehead atoms. The van der Waals surface area contributed by atoms with Crippen molar-refractivity contribution in [3.63, 3.8) is 0 Å². The van der Waals surface area contributed by atoms with Crippen LogP contribution in [0.25, 0.3) is 6.08 Å². The molecule has 1 N–H and O–H groups in total. The van der Waals surface area contributed by atoms with Gasteiger partial charge in [0.2, 0.25) is 5.91 Å². The van der Waals surface area contributed by atoms with Crippen LogP contribution >= 0.6 is 0 Å². The van der Waals surface area contributed by atoms with Crippen molar-refractivity contribution in [2.24, 2.45) is 0 Å². The van der Waals surface area contributed by atoms with Crippen LogP contribution in [0.2, 0.25) is 0 Å². The van der Waals surface area contributed by atoms with Gasteiger partial charge in [-0.05, 0) is 36.6 Å². The Balaban J connectivity index is 2.12. The second-order valence-electron chi connectivity index (χ2n) is 4.94. The summed E-state index contributed by atoms with van der Waals surface area (Å²) < 4.78 is 0. The Morgan fingerprint density at radius 3 is 2.41 bits per heavy atom. The third kappa shape index (κ3) is 3.79. The Hall–Kier alpha value is -2.95. The minimum Gasteiger partial charge on any atom is -0.322 e. The molecular weight excluding hydrogens is 280 g/mol. The first-order valence-corrected chi connectivity index (χ1v) is 6.77. The molecular formula is C17H16N2O3. The zero-order chi connectivity index (χ0) is 16.1. The summed E-state index contributed by atoms with van der Waals surface area (Å²) in [4.78, 5) is 22.2. The number of aryl methyl sites for hydroxylation is 2. The predicted molar refractivity (Wildman–Crippen MR) is 86.7 cm³/mol. The summed E-state index contributed by atoms with van der Waals surface area (Å²) in [6.07, 6.45) is 2.92. The molecule has 0 saturated heterocycles. The van der Waals surface area contributed by atoms with Gasteiger partial charge in [0.15, 0.2) is 0 Å². The maximum atomic E-state index is 12.0. The fourth-order valence-electron chi connectivity index (χ4n) is 2.09. The molecule has 2 aromatic rings. The number of nitro groups is 1. The average molecular weight is 296 g/mol.